The first kappa shape index (κ1) is 10.7. The zero-order valence-electron chi connectivity index (χ0n) is 9.42. The number of hydrogen-bond donors (Lipinski definition) is 0. The molecule has 0 saturated carbocycles. The summed E-state index contributed by atoms with van der Waals surface area (Å²) in [6.07, 6.45) is 4.32. The third kappa shape index (κ3) is 1.43. The van der Waals surface area contributed by atoms with E-state index in [2.05, 4.69) is 0 Å². The number of amides is 2. The van der Waals surface area contributed by atoms with Crippen LogP contribution in [0.4, 0.5) is 0 Å². The van der Waals surface area contributed by atoms with Gasteiger partial charge in [-0.1, -0.05) is 30.3 Å². The Labute approximate surface area is 103 Å². The van der Waals surface area contributed by atoms with Crippen molar-refractivity contribution >= 4 is 23.3 Å². The van der Waals surface area contributed by atoms with Gasteiger partial charge in [0, 0.05) is 29.7 Å². The quantitative estimate of drug-likeness (QED) is 0.698. The second-order valence-electron chi connectivity index (χ2n) is 4.11. The molecule has 0 atom stereocenters. The summed E-state index contributed by atoms with van der Waals surface area (Å²) in [5.41, 5.74) is 1.70. The van der Waals surface area contributed by atoms with Crippen LogP contribution >= 0.6 is 0 Å². The van der Waals surface area contributed by atoms with Gasteiger partial charge in [0.1, 0.15) is 0 Å². The fraction of sp³-hybridized carbons (Fsp3) is 0.0714. The van der Waals surface area contributed by atoms with Gasteiger partial charge in [0.05, 0.1) is 5.70 Å². The van der Waals surface area contributed by atoms with Crippen molar-refractivity contribution in [2.75, 3.05) is 0 Å². The Morgan fingerprint density at radius 1 is 0.889 bits per heavy atom. The molecule has 0 N–H and O–H groups in total. The fourth-order valence-corrected chi connectivity index (χ4v) is 2.21. The molecule has 18 heavy (non-hydrogen) atoms. The van der Waals surface area contributed by atoms with Crippen LogP contribution in [0.2, 0.25) is 0 Å². The Hall–Kier alpha value is -2.49. The topological polar surface area (TPSA) is 54.5 Å². The van der Waals surface area contributed by atoms with E-state index in [1.807, 2.05) is 0 Å². The van der Waals surface area contributed by atoms with Gasteiger partial charge in [0.15, 0.2) is 5.78 Å². The monoisotopic (exact) mass is 239 g/mol. The molecule has 2 amide bonds. The number of hydrogen-bond acceptors (Lipinski definition) is 3. The Bertz CT molecular complexity index is 622. The number of allylic oxidation sites excluding steroid dienone is 1. The smallest absolute Gasteiger partial charge is 0.258 e. The molecule has 0 radical (unpaired) electrons. The molecular weight excluding hydrogens is 230 g/mol. The van der Waals surface area contributed by atoms with Gasteiger partial charge >= 0.3 is 0 Å². The van der Waals surface area contributed by atoms with E-state index in [9.17, 15) is 14.4 Å². The maximum Gasteiger partial charge on any atom is 0.258 e. The van der Waals surface area contributed by atoms with E-state index in [4.69, 9.17) is 0 Å². The molecule has 88 valence electrons. The van der Waals surface area contributed by atoms with E-state index < -0.39 is 0 Å². The van der Waals surface area contributed by atoms with Crippen molar-refractivity contribution in [2.45, 2.75) is 6.42 Å². The number of carbonyl (C=O) groups excluding carboxylic acids is 3. The summed E-state index contributed by atoms with van der Waals surface area (Å²) in [7, 11) is 0. The van der Waals surface area contributed by atoms with Crippen LogP contribution in [0.15, 0.2) is 42.5 Å². The van der Waals surface area contributed by atoms with Gasteiger partial charge in [0.2, 0.25) is 0 Å². The average Bonchev–Trinajstić information content (AvgIpc) is 2.71. The van der Waals surface area contributed by atoms with E-state index in [1.165, 1.54) is 12.2 Å². The molecule has 1 aliphatic carbocycles. The standard InChI is InChI=1S/C14H9NO3/c16-12-6-5-11(9-3-1-2-4-10(9)12)15-13(17)7-8-14(15)18/h1-5,7-8H,6H2. The molecule has 2 aliphatic rings. The molecule has 0 spiro atoms. The van der Waals surface area contributed by atoms with E-state index in [1.54, 1.807) is 30.3 Å². The van der Waals surface area contributed by atoms with Crippen molar-refractivity contribution in [3.8, 4) is 0 Å². The number of imide groups is 1. The number of fused-ring (bicyclic) bond motifs is 1. The molecule has 0 fully saturated rings. The lowest BCUT2D eigenvalue weighted by Gasteiger charge is -2.23. The minimum atomic E-state index is -0.365. The number of ketones is 1. The van der Waals surface area contributed by atoms with E-state index in [0.29, 0.717) is 16.8 Å². The Balaban J connectivity index is 2.12. The van der Waals surface area contributed by atoms with Gasteiger partial charge in [-0.25, -0.2) is 4.90 Å². The average molecular weight is 239 g/mol. The van der Waals surface area contributed by atoms with Crippen molar-refractivity contribution in [2.24, 2.45) is 0 Å². The summed E-state index contributed by atoms with van der Waals surface area (Å²) in [4.78, 5) is 36.2. The van der Waals surface area contributed by atoms with Crippen LogP contribution in [-0.2, 0) is 9.59 Å². The first-order chi connectivity index (χ1) is 8.68. The highest BCUT2D eigenvalue weighted by atomic mass is 16.2. The van der Waals surface area contributed by atoms with Gasteiger partial charge in [-0.05, 0) is 0 Å². The molecule has 0 aromatic heterocycles. The van der Waals surface area contributed by atoms with E-state index in [0.717, 1.165) is 4.90 Å². The highest BCUT2D eigenvalue weighted by Gasteiger charge is 2.31. The summed E-state index contributed by atoms with van der Waals surface area (Å²) in [6, 6.07) is 7.01. The second-order valence-corrected chi connectivity index (χ2v) is 4.11. The lowest BCUT2D eigenvalue weighted by atomic mass is 9.93. The fourth-order valence-electron chi connectivity index (χ4n) is 2.21. The molecule has 1 aromatic rings. The van der Waals surface area contributed by atoms with Gasteiger partial charge in [-0.3, -0.25) is 14.4 Å². The summed E-state index contributed by atoms with van der Waals surface area (Å²) >= 11 is 0. The molecule has 4 heteroatoms. The summed E-state index contributed by atoms with van der Waals surface area (Å²) < 4.78 is 0. The highest BCUT2D eigenvalue weighted by molar-refractivity contribution is 6.20. The largest absolute Gasteiger partial charge is 0.294 e. The Morgan fingerprint density at radius 2 is 1.50 bits per heavy atom. The van der Waals surface area contributed by atoms with Gasteiger partial charge < -0.3 is 0 Å². The SMILES string of the molecule is O=C1CC=C(N2C(=O)C=CC2=O)c2ccccc21. The minimum absolute atomic E-state index is 0.00130. The third-order valence-electron chi connectivity index (χ3n) is 3.03. The van der Waals surface area contributed by atoms with Crippen LogP contribution in [0.25, 0.3) is 5.70 Å². The van der Waals surface area contributed by atoms with E-state index >= 15 is 0 Å². The maximum atomic E-state index is 11.8. The first-order valence-corrected chi connectivity index (χ1v) is 5.57. The van der Waals surface area contributed by atoms with Crippen molar-refractivity contribution in [3.05, 3.63) is 53.6 Å². The van der Waals surface area contributed by atoms with Crippen LogP contribution in [-0.4, -0.2) is 22.5 Å². The molecular formula is C14H9NO3. The molecule has 0 unspecified atom stereocenters. The summed E-state index contributed by atoms with van der Waals surface area (Å²) in [5, 5.41) is 0. The van der Waals surface area contributed by atoms with Crippen molar-refractivity contribution < 1.29 is 14.4 Å². The number of carbonyl (C=O) groups is 3. The zero-order chi connectivity index (χ0) is 12.7. The molecule has 1 heterocycles. The molecule has 4 nitrogen and oxygen atoms in total. The van der Waals surface area contributed by atoms with Gasteiger partial charge in [0.25, 0.3) is 11.8 Å². The summed E-state index contributed by atoms with van der Waals surface area (Å²) in [6.45, 7) is 0. The van der Waals surface area contributed by atoms with Crippen LogP contribution in [0, 0.1) is 0 Å². The highest BCUT2D eigenvalue weighted by Crippen LogP contribution is 2.30. The maximum absolute atomic E-state index is 11.8. The van der Waals surface area contributed by atoms with Gasteiger partial charge in [-0.2, -0.15) is 0 Å². The number of benzene rings is 1. The lowest BCUT2D eigenvalue weighted by Crippen LogP contribution is -2.30. The van der Waals surface area contributed by atoms with Crippen LogP contribution in [0.5, 0.6) is 0 Å². The third-order valence-corrected chi connectivity index (χ3v) is 3.03. The molecule has 1 aromatic carbocycles. The Kier molecular flexibility index (Phi) is 2.23. The predicted molar refractivity (Wildman–Crippen MR) is 64.4 cm³/mol. The minimum Gasteiger partial charge on any atom is -0.294 e. The number of Topliss-reactive ketones (excluding diaryl/α,β-unsaturated/α-hetero) is 1. The van der Waals surface area contributed by atoms with Crippen molar-refractivity contribution in [3.63, 3.8) is 0 Å². The van der Waals surface area contributed by atoms with Crippen LogP contribution in [0.1, 0.15) is 22.3 Å². The second kappa shape index (κ2) is 3.77. The molecule has 0 bridgehead atoms. The van der Waals surface area contributed by atoms with Crippen LogP contribution in [0.3, 0.4) is 0 Å². The number of nitrogens with zero attached hydrogens (tertiary/aromatic N) is 1. The van der Waals surface area contributed by atoms with Crippen molar-refractivity contribution in [1.82, 2.24) is 4.90 Å². The molecule has 3 rings (SSSR count). The molecule has 1 aliphatic heterocycles. The van der Waals surface area contributed by atoms with Crippen LogP contribution < -0.4 is 0 Å². The lowest BCUT2D eigenvalue weighted by molar-refractivity contribution is -0.132. The molecule has 0 saturated heterocycles. The first-order valence-electron chi connectivity index (χ1n) is 5.57. The predicted octanol–water partition coefficient (Wildman–Crippen LogP) is 1.54. The normalized spacial score (nSPS) is 18.1. The summed E-state index contributed by atoms with van der Waals surface area (Å²) in [5.74, 6) is -0.729. The number of rotatable bonds is 1. The zero-order valence-corrected chi connectivity index (χ0v) is 9.42. The van der Waals surface area contributed by atoms with Gasteiger partial charge in [-0.15, -0.1) is 0 Å². The van der Waals surface area contributed by atoms with E-state index in [-0.39, 0.29) is 24.0 Å². The van der Waals surface area contributed by atoms with Crippen molar-refractivity contribution in [1.29, 1.82) is 0 Å². The Morgan fingerprint density at radius 3 is 2.17 bits per heavy atom.